The van der Waals surface area contributed by atoms with E-state index in [0.717, 1.165) is 50.4 Å². The summed E-state index contributed by atoms with van der Waals surface area (Å²) in [7, 11) is -17.7. The van der Waals surface area contributed by atoms with E-state index >= 15 is 4.39 Å². The topological polar surface area (TPSA) is 267 Å². The second-order valence-corrected chi connectivity index (χ2v) is 27.0. The molecule has 0 atom stereocenters. The van der Waals surface area contributed by atoms with Crippen molar-refractivity contribution >= 4 is 115 Å². The number of halogens is 1. The Kier molecular flexibility index (Phi) is 20.1. The minimum atomic E-state index is -4.73. The minimum absolute atomic E-state index is 0. The van der Waals surface area contributed by atoms with Crippen molar-refractivity contribution in [2.24, 2.45) is 0 Å². The van der Waals surface area contributed by atoms with Gasteiger partial charge in [-0.25, -0.2) is 12.8 Å². The van der Waals surface area contributed by atoms with Crippen LogP contribution in [0.5, 0.6) is 0 Å². The van der Waals surface area contributed by atoms with Crippen molar-refractivity contribution < 1.29 is 70.7 Å². The molecule has 0 fully saturated rings. The normalized spacial score (nSPS) is 17.6. The van der Waals surface area contributed by atoms with E-state index in [1.165, 1.54) is 18.2 Å². The van der Waals surface area contributed by atoms with E-state index in [4.69, 9.17) is 0 Å². The molecule has 0 aromatic heterocycles. The van der Waals surface area contributed by atoms with Crippen LogP contribution in [0.4, 0.5) is 21.5 Å². The van der Waals surface area contributed by atoms with Gasteiger partial charge >= 0.3 is 35.5 Å². The van der Waals surface area contributed by atoms with Gasteiger partial charge in [0.05, 0.1) is 27.6 Å². The summed E-state index contributed by atoms with van der Waals surface area (Å²) in [6, 6.07) is 20.1. The van der Waals surface area contributed by atoms with Crippen LogP contribution < -0.4 is 9.80 Å². The van der Waals surface area contributed by atoms with Gasteiger partial charge in [0.1, 0.15) is 22.5 Å². The van der Waals surface area contributed by atoms with Crippen LogP contribution in [0.2, 0.25) is 0 Å². The molecule has 0 spiro atoms. The molecule has 4 aromatic rings. The fraction of sp³-hybridized carbons (Fsp3) is 0.418. The van der Waals surface area contributed by atoms with Gasteiger partial charge in [0.15, 0.2) is 5.71 Å². The van der Waals surface area contributed by atoms with E-state index in [0.29, 0.717) is 67.3 Å². The van der Waals surface area contributed by atoms with Gasteiger partial charge in [0.25, 0.3) is 30.4 Å². The average molecular weight is 1160 g/mol. The van der Waals surface area contributed by atoms with Crippen molar-refractivity contribution in [1.29, 1.82) is 0 Å². The van der Waals surface area contributed by atoms with Gasteiger partial charge in [-0.2, -0.15) is 29.8 Å². The molecule has 0 saturated carbocycles. The molecule has 17 nitrogen and oxygen atoms in total. The van der Waals surface area contributed by atoms with Crippen LogP contribution in [0, 0.1) is 5.82 Å². The van der Waals surface area contributed by atoms with Crippen molar-refractivity contribution in [3.05, 3.63) is 136 Å². The summed E-state index contributed by atoms with van der Waals surface area (Å²) in [5.74, 6) is -2.89. The van der Waals surface area contributed by atoms with Gasteiger partial charge in [-0.3, -0.25) is 18.5 Å². The molecule has 78 heavy (non-hydrogen) atoms. The standard InChI is InChI=1S/C55H66FN3O14S4.Na.H/c1-54(2)45-37-41(57(29-11-33-74(62,63)64)30-12-34-75(65,66)67)22-26-47(45)58(32-13-35-76(68,69)70)49(54)27-20-38-14-10-15-39(52(38)44-16-7-8-17-46(44)56)21-28-50-55(3,4)53-43-24-23-42(77(71,72)73)36-40(43)19-25-48(53)59(50)31-9-5-6-18-51(60)61;;/h7-8,16-17,19-28,36-37H,5-6,9-15,18,29-35H2,1-4H3,(H4-,60,61,62,63,64,65,66,67,68,69,70,71,72,73);;. The molecule has 0 saturated heterocycles. The average Bonchev–Trinajstić information content (AvgIpc) is 3.93. The van der Waals surface area contributed by atoms with E-state index < -0.39 is 80.3 Å². The third-order valence-corrected chi connectivity index (χ3v) is 17.9. The Labute approximate surface area is 479 Å². The van der Waals surface area contributed by atoms with Crippen LogP contribution in [0.1, 0.15) is 109 Å². The number of hydrogen-bond donors (Lipinski definition) is 4. The summed E-state index contributed by atoms with van der Waals surface area (Å²) < 4.78 is 154. The Hall–Kier alpha value is -4.59. The van der Waals surface area contributed by atoms with Crippen LogP contribution in [0.25, 0.3) is 16.3 Å². The SMILES string of the molecule is CC1(C)C(C=CC2=C(c3ccccc3F)C(=CC=C3N(CCCCCC(=O)O)c4ccc5cc(S(=O)(=O)[O-])ccc5c4C3(C)C)CCC2)=[N+](CCCS(=O)(=O)O)c2ccc(N(CCCS(=O)(=O)O)CCCS(=O)(=O)O)cc21.[NaH]. The third kappa shape index (κ3) is 15.2. The van der Waals surface area contributed by atoms with E-state index in [9.17, 15) is 61.8 Å². The monoisotopic (exact) mass is 1160 g/mol. The number of fused-ring (bicyclic) bond motifs is 4. The summed E-state index contributed by atoms with van der Waals surface area (Å²) in [5, 5.41) is 10.7. The molecule has 23 heteroatoms. The van der Waals surface area contributed by atoms with Crippen LogP contribution in [0.3, 0.4) is 0 Å². The Morgan fingerprint density at radius 3 is 2.04 bits per heavy atom. The van der Waals surface area contributed by atoms with Crippen molar-refractivity contribution in [3.63, 3.8) is 0 Å². The molecule has 7 rings (SSSR count). The Bertz CT molecular complexity index is 3550. The van der Waals surface area contributed by atoms with Crippen LogP contribution in [0.15, 0.2) is 119 Å². The Balaban J connectivity index is 0.00000984. The predicted octanol–water partition coefficient (Wildman–Crippen LogP) is 8.70. The van der Waals surface area contributed by atoms with Crippen LogP contribution >= 0.6 is 0 Å². The summed E-state index contributed by atoms with van der Waals surface area (Å²) >= 11 is 0. The maximum absolute atomic E-state index is 16.3. The van der Waals surface area contributed by atoms with E-state index in [1.807, 2.05) is 60.9 Å². The zero-order valence-electron chi connectivity index (χ0n) is 43.5. The number of hydrogen-bond acceptors (Lipinski definition) is 12. The number of carboxylic acid groups (broad SMARTS) is 1. The molecule has 4 aromatic carbocycles. The van der Waals surface area contributed by atoms with Gasteiger partial charge < -0.3 is 19.5 Å². The molecule has 4 N–H and O–H groups in total. The summed E-state index contributed by atoms with van der Waals surface area (Å²) in [6.45, 7) is 9.03. The third-order valence-electron chi connectivity index (χ3n) is 14.6. The molecule has 0 amide bonds. The molecular weight excluding hydrogens is 1100 g/mol. The quantitative estimate of drug-likeness (QED) is 0.0221. The molecule has 0 unspecified atom stereocenters. The van der Waals surface area contributed by atoms with Crippen molar-refractivity contribution in [2.75, 3.05) is 53.2 Å². The molecule has 0 bridgehead atoms. The van der Waals surface area contributed by atoms with Gasteiger partial charge in [-0.05, 0) is 134 Å². The van der Waals surface area contributed by atoms with Crippen molar-refractivity contribution in [2.45, 2.75) is 108 Å². The van der Waals surface area contributed by atoms with Crippen LogP contribution in [-0.4, -0.2) is 146 Å². The second-order valence-electron chi connectivity index (χ2n) is 20.9. The fourth-order valence-corrected chi connectivity index (χ4v) is 13.1. The van der Waals surface area contributed by atoms with Gasteiger partial charge in [0, 0.05) is 78.2 Å². The van der Waals surface area contributed by atoms with Gasteiger partial charge in [-0.1, -0.05) is 62.8 Å². The fourth-order valence-electron chi connectivity index (χ4n) is 11.1. The van der Waals surface area contributed by atoms with E-state index in [2.05, 4.69) is 18.7 Å². The Morgan fingerprint density at radius 2 is 1.41 bits per heavy atom. The molecular formula is C55H67FN3NaO14S4. The van der Waals surface area contributed by atoms with Crippen molar-refractivity contribution in [1.82, 2.24) is 0 Å². The number of allylic oxidation sites excluding steroid dienone is 8. The van der Waals surface area contributed by atoms with E-state index in [-0.39, 0.29) is 79.8 Å². The number of benzene rings is 4. The zero-order chi connectivity index (χ0) is 56.3. The molecule has 2 heterocycles. The first-order valence-electron chi connectivity index (χ1n) is 25.5. The molecule has 0 radical (unpaired) electrons. The first kappa shape index (κ1) is 62.6. The van der Waals surface area contributed by atoms with Crippen molar-refractivity contribution in [3.8, 4) is 0 Å². The number of anilines is 2. The molecule has 3 aliphatic rings. The number of aliphatic carboxylic acids is 1. The molecule has 1 aliphatic carbocycles. The number of unbranched alkanes of at least 4 members (excludes halogenated alkanes) is 2. The summed E-state index contributed by atoms with van der Waals surface area (Å²) in [4.78, 5) is 15.0. The van der Waals surface area contributed by atoms with E-state index in [1.54, 1.807) is 41.3 Å². The Morgan fingerprint density at radius 1 is 0.756 bits per heavy atom. The number of carboxylic acids is 1. The second kappa shape index (κ2) is 25.0. The molecule has 2 aliphatic heterocycles. The van der Waals surface area contributed by atoms with Gasteiger partial charge in [0.2, 0.25) is 5.69 Å². The maximum atomic E-state index is 16.3. The zero-order valence-corrected chi connectivity index (χ0v) is 46.7. The number of rotatable bonds is 24. The summed E-state index contributed by atoms with van der Waals surface area (Å²) in [6.07, 6.45) is 11.7. The summed E-state index contributed by atoms with van der Waals surface area (Å²) in [5.41, 5.74) is 6.86. The molecule has 418 valence electrons. The first-order chi connectivity index (χ1) is 36.0. The number of carbonyl (C=O) groups is 1. The van der Waals surface area contributed by atoms with Gasteiger partial charge in [-0.15, -0.1) is 0 Å². The van der Waals surface area contributed by atoms with Crippen LogP contribution in [-0.2, 0) is 56.1 Å². The first-order valence-corrected chi connectivity index (χ1v) is 31.7. The number of nitrogens with zero attached hydrogens (tertiary/aromatic N) is 3. The predicted molar refractivity (Wildman–Crippen MR) is 303 cm³/mol.